The molecule has 0 spiro atoms. The summed E-state index contributed by atoms with van der Waals surface area (Å²) in [5.41, 5.74) is 1.94. The molecule has 1 heterocycles. The summed E-state index contributed by atoms with van der Waals surface area (Å²) in [6.07, 6.45) is 3.28. The van der Waals surface area contributed by atoms with Crippen LogP contribution in [0.3, 0.4) is 0 Å². The van der Waals surface area contributed by atoms with E-state index in [1.165, 1.54) is 6.42 Å². The lowest BCUT2D eigenvalue weighted by molar-refractivity contribution is 0.742. The topological polar surface area (TPSA) is 25.8 Å². The van der Waals surface area contributed by atoms with Crippen molar-refractivity contribution < 1.29 is 0 Å². The first-order valence-electron chi connectivity index (χ1n) is 4.65. The first-order valence-corrected chi connectivity index (χ1v) is 5.19. The summed E-state index contributed by atoms with van der Waals surface area (Å²) in [6.45, 7) is 4.14. The van der Waals surface area contributed by atoms with Gasteiger partial charge in [-0.25, -0.2) is 9.97 Å². The highest BCUT2D eigenvalue weighted by Gasteiger charge is 2.00. The molecule has 1 aromatic rings. The highest BCUT2D eigenvalue weighted by atomic mass is 35.5. The Morgan fingerprint density at radius 1 is 1.38 bits per heavy atom. The van der Waals surface area contributed by atoms with Gasteiger partial charge >= 0.3 is 0 Å². The molecule has 0 aliphatic carbocycles. The summed E-state index contributed by atoms with van der Waals surface area (Å²) in [5, 5.41) is 0. The van der Waals surface area contributed by atoms with Crippen molar-refractivity contribution in [2.75, 3.05) is 0 Å². The maximum absolute atomic E-state index is 5.71. The third-order valence-corrected chi connectivity index (χ3v) is 2.12. The van der Waals surface area contributed by atoms with Gasteiger partial charge in [0.15, 0.2) is 0 Å². The molecular weight excluding hydrogens is 184 g/mol. The van der Waals surface area contributed by atoms with Gasteiger partial charge in [0.05, 0.1) is 11.6 Å². The van der Waals surface area contributed by atoms with E-state index in [4.69, 9.17) is 11.6 Å². The zero-order valence-electron chi connectivity index (χ0n) is 8.18. The number of hydrogen-bond acceptors (Lipinski definition) is 2. The quantitative estimate of drug-likeness (QED) is 0.696. The Kier molecular flexibility index (Phi) is 4.16. The Labute approximate surface area is 84.4 Å². The molecule has 0 aromatic carbocycles. The lowest BCUT2D eigenvalue weighted by Gasteiger charge is -2.02. The van der Waals surface area contributed by atoms with Gasteiger partial charge < -0.3 is 0 Å². The summed E-state index contributed by atoms with van der Waals surface area (Å²) in [6, 6.07) is 1.93. The number of aryl methyl sites for hydroxylation is 2. The Balaban J connectivity index is 2.76. The van der Waals surface area contributed by atoms with Crippen LogP contribution in [0.1, 0.15) is 37.0 Å². The molecule has 0 saturated carbocycles. The fraction of sp³-hybridized carbons (Fsp3) is 0.600. The molecule has 0 radical (unpaired) electrons. The van der Waals surface area contributed by atoms with E-state index in [-0.39, 0.29) is 0 Å². The molecule has 2 nitrogen and oxygen atoms in total. The average Bonchev–Trinajstić information content (AvgIpc) is 2.14. The zero-order valence-corrected chi connectivity index (χ0v) is 8.93. The molecule has 13 heavy (non-hydrogen) atoms. The monoisotopic (exact) mass is 198 g/mol. The van der Waals surface area contributed by atoms with Crippen molar-refractivity contribution >= 4 is 11.6 Å². The van der Waals surface area contributed by atoms with Gasteiger partial charge in [-0.1, -0.05) is 13.3 Å². The van der Waals surface area contributed by atoms with Crippen LogP contribution in [-0.4, -0.2) is 9.97 Å². The number of hydrogen-bond donors (Lipinski definition) is 0. The van der Waals surface area contributed by atoms with Crippen LogP contribution in [0.5, 0.6) is 0 Å². The predicted molar refractivity (Wildman–Crippen MR) is 54.9 cm³/mol. The third-order valence-electron chi connectivity index (χ3n) is 1.84. The van der Waals surface area contributed by atoms with E-state index in [1.54, 1.807) is 0 Å². The molecule has 0 saturated heterocycles. The van der Waals surface area contributed by atoms with Gasteiger partial charge in [-0.05, 0) is 19.4 Å². The Hall–Kier alpha value is -0.630. The average molecular weight is 199 g/mol. The minimum absolute atomic E-state index is 0.475. The third kappa shape index (κ3) is 3.31. The van der Waals surface area contributed by atoms with Crippen LogP contribution >= 0.6 is 11.6 Å². The van der Waals surface area contributed by atoms with Crippen molar-refractivity contribution in [2.45, 2.75) is 39.0 Å². The standard InChI is InChI=1S/C10H15ClN2/c1-3-4-5-10-12-8(2)6-9(7-11)13-10/h6H,3-5,7H2,1-2H3. The van der Waals surface area contributed by atoms with Crippen molar-refractivity contribution in [3.63, 3.8) is 0 Å². The van der Waals surface area contributed by atoms with Crippen molar-refractivity contribution in [1.82, 2.24) is 9.97 Å². The maximum atomic E-state index is 5.71. The lowest BCUT2D eigenvalue weighted by atomic mass is 10.2. The molecule has 0 aliphatic rings. The minimum Gasteiger partial charge on any atom is -0.238 e. The van der Waals surface area contributed by atoms with E-state index in [9.17, 15) is 0 Å². The highest BCUT2D eigenvalue weighted by molar-refractivity contribution is 6.16. The molecule has 0 atom stereocenters. The number of unbranched alkanes of at least 4 members (excludes halogenated alkanes) is 1. The van der Waals surface area contributed by atoms with Crippen LogP contribution in [0.15, 0.2) is 6.07 Å². The van der Waals surface area contributed by atoms with Gasteiger partial charge in [0.1, 0.15) is 5.82 Å². The van der Waals surface area contributed by atoms with Crippen LogP contribution in [0.4, 0.5) is 0 Å². The Morgan fingerprint density at radius 3 is 2.77 bits per heavy atom. The van der Waals surface area contributed by atoms with E-state index in [0.29, 0.717) is 5.88 Å². The molecule has 0 unspecified atom stereocenters. The van der Waals surface area contributed by atoms with Crippen molar-refractivity contribution in [2.24, 2.45) is 0 Å². The SMILES string of the molecule is CCCCc1nc(C)cc(CCl)n1. The van der Waals surface area contributed by atoms with E-state index < -0.39 is 0 Å². The summed E-state index contributed by atoms with van der Waals surface area (Å²) >= 11 is 5.71. The fourth-order valence-corrected chi connectivity index (χ4v) is 1.35. The van der Waals surface area contributed by atoms with Crippen molar-refractivity contribution in [3.05, 3.63) is 23.3 Å². The van der Waals surface area contributed by atoms with Gasteiger partial charge in [0.2, 0.25) is 0 Å². The lowest BCUT2D eigenvalue weighted by Crippen LogP contribution is -2.00. The van der Waals surface area contributed by atoms with E-state index >= 15 is 0 Å². The second kappa shape index (κ2) is 5.18. The second-order valence-electron chi connectivity index (χ2n) is 3.15. The second-order valence-corrected chi connectivity index (χ2v) is 3.42. The van der Waals surface area contributed by atoms with Crippen LogP contribution < -0.4 is 0 Å². The van der Waals surface area contributed by atoms with Gasteiger partial charge in [-0.15, -0.1) is 11.6 Å². The molecule has 3 heteroatoms. The molecule has 72 valence electrons. The first-order chi connectivity index (χ1) is 6.26. The van der Waals surface area contributed by atoms with Gasteiger partial charge in [-0.2, -0.15) is 0 Å². The smallest absolute Gasteiger partial charge is 0.128 e. The Morgan fingerprint density at radius 2 is 2.15 bits per heavy atom. The van der Waals surface area contributed by atoms with E-state index in [2.05, 4.69) is 16.9 Å². The fourth-order valence-electron chi connectivity index (χ4n) is 1.22. The number of halogens is 1. The number of aromatic nitrogens is 2. The normalized spacial score (nSPS) is 10.4. The van der Waals surface area contributed by atoms with Crippen LogP contribution in [-0.2, 0) is 12.3 Å². The first kappa shape index (κ1) is 10.5. The van der Waals surface area contributed by atoms with E-state index in [0.717, 1.165) is 30.1 Å². The maximum Gasteiger partial charge on any atom is 0.128 e. The molecule has 1 rings (SSSR count). The summed E-state index contributed by atoms with van der Waals surface area (Å²) in [7, 11) is 0. The number of nitrogens with zero attached hydrogens (tertiary/aromatic N) is 2. The van der Waals surface area contributed by atoms with Gasteiger partial charge in [0, 0.05) is 12.1 Å². The molecule has 0 N–H and O–H groups in total. The molecule has 0 aliphatic heterocycles. The number of alkyl halides is 1. The largest absolute Gasteiger partial charge is 0.238 e. The zero-order chi connectivity index (χ0) is 9.68. The van der Waals surface area contributed by atoms with Crippen LogP contribution in [0.25, 0.3) is 0 Å². The molecule has 0 fully saturated rings. The summed E-state index contributed by atoms with van der Waals surface area (Å²) < 4.78 is 0. The summed E-state index contributed by atoms with van der Waals surface area (Å²) in [5.74, 6) is 1.40. The van der Waals surface area contributed by atoms with Crippen LogP contribution in [0, 0.1) is 6.92 Å². The molecule has 0 bridgehead atoms. The minimum atomic E-state index is 0.475. The van der Waals surface area contributed by atoms with Crippen molar-refractivity contribution in [1.29, 1.82) is 0 Å². The Bertz CT molecular complexity index is 274. The highest BCUT2D eigenvalue weighted by Crippen LogP contribution is 2.06. The van der Waals surface area contributed by atoms with Crippen LogP contribution in [0.2, 0.25) is 0 Å². The van der Waals surface area contributed by atoms with Gasteiger partial charge in [-0.3, -0.25) is 0 Å². The van der Waals surface area contributed by atoms with E-state index in [1.807, 2.05) is 13.0 Å². The molecular formula is C10H15ClN2. The summed E-state index contributed by atoms with van der Waals surface area (Å²) in [4.78, 5) is 8.70. The molecule has 1 aromatic heterocycles. The predicted octanol–water partition coefficient (Wildman–Crippen LogP) is 2.87. The van der Waals surface area contributed by atoms with Gasteiger partial charge in [0.25, 0.3) is 0 Å². The molecule has 0 amide bonds. The van der Waals surface area contributed by atoms with Crippen molar-refractivity contribution in [3.8, 4) is 0 Å². The number of rotatable bonds is 4.